The predicted octanol–water partition coefficient (Wildman–Crippen LogP) is 3.79. The van der Waals surface area contributed by atoms with Crippen LogP contribution in [-0.2, 0) is 6.54 Å². The zero-order valence-electron chi connectivity index (χ0n) is 11.4. The summed E-state index contributed by atoms with van der Waals surface area (Å²) in [5.41, 5.74) is 1.62. The van der Waals surface area contributed by atoms with E-state index in [0.717, 1.165) is 12.0 Å². The molecule has 3 nitrogen and oxygen atoms in total. The molecule has 4 heteroatoms. The van der Waals surface area contributed by atoms with Crippen LogP contribution in [0.5, 0.6) is 0 Å². The monoisotopic (exact) mass is 288 g/mol. The van der Waals surface area contributed by atoms with Crippen molar-refractivity contribution in [1.29, 1.82) is 0 Å². The molecule has 0 fully saturated rings. The number of carbonyl (C=O) groups is 1. The van der Waals surface area contributed by atoms with Crippen molar-refractivity contribution in [3.63, 3.8) is 0 Å². The van der Waals surface area contributed by atoms with Crippen molar-refractivity contribution >= 4 is 17.5 Å². The summed E-state index contributed by atoms with van der Waals surface area (Å²) < 4.78 is 0. The summed E-state index contributed by atoms with van der Waals surface area (Å²) >= 11 is 6.06. The zero-order chi connectivity index (χ0) is 14.4. The molecule has 0 atom stereocenters. The number of hydrogen-bond donors (Lipinski definition) is 0. The van der Waals surface area contributed by atoms with E-state index < -0.39 is 0 Å². The van der Waals surface area contributed by atoms with Gasteiger partial charge in [-0.1, -0.05) is 48.9 Å². The summed E-state index contributed by atoms with van der Waals surface area (Å²) in [6.45, 7) is 3.35. The Kier molecular flexibility index (Phi) is 5.13. The molecule has 1 aromatic carbocycles. The normalized spacial score (nSPS) is 10.3. The first-order valence-electron chi connectivity index (χ1n) is 6.65. The Labute approximate surface area is 124 Å². The SMILES string of the molecule is CCCN(Cc1ccccc1)C(=O)c1ccncc1Cl. The molecule has 1 heterocycles. The van der Waals surface area contributed by atoms with E-state index in [1.807, 2.05) is 35.2 Å². The highest BCUT2D eigenvalue weighted by atomic mass is 35.5. The molecule has 0 aliphatic heterocycles. The third-order valence-corrected chi connectivity index (χ3v) is 3.30. The van der Waals surface area contributed by atoms with Crippen molar-refractivity contribution in [3.05, 3.63) is 64.9 Å². The van der Waals surface area contributed by atoms with Crippen molar-refractivity contribution < 1.29 is 4.79 Å². The lowest BCUT2D eigenvalue weighted by molar-refractivity contribution is 0.0743. The van der Waals surface area contributed by atoms with Crippen molar-refractivity contribution in [2.75, 3.05) is 6.54 Å². The van der Waals surface area contributed by atoms with Gasteiger partial charge in [-0.2, -0.15) is 0 Å². The number of amides is 1. The minimum absolute atomic E-state index is 0.0527. The average Bonchev–Trinajstić information content (AvgIpc) is 2.48. The van der Waals surface area contributed by atoms with Crippen LogP contribution < -0.4 is 0 Å². The highest BCUT2D eigenvalue weighted by Gasteiger charge is 2.17. The van der Waals surface area contributed by atoms with Gasteiger partial charge < -0.3 is 4.90 Å². The van der Waals surface area contributed by atoms with Crippen LogP contribution in [0, 0.1) is 0 Å². The number of aromatic nitrogens is 1. The molecule has 20 heavy (non-hydrogen) atoms. The molecule has 2 rings (SSSR count). The van der Waals surface area contributed by atoms with Crippen molar-refractivity contribution in [2.24, 2.45) is 0 Å². The topological polar surface area (TPSA) is 33.2 Å². The molecule has 0 radical (unpaired) electrons. The molecular weight excluding hydrogens is 272 g/mol. The van der Waals surface area contributed by atoms with E-state index >= 15 is 0 Å². The Morgan fingerprint density at radius 3 is 2.65 bits per heavy atom. The van der Waals surface area contributed by atoms with Gasteiger partial charge in [-0.15, -0.1) is 0 Å². The molecule has 1 amide bonds. The molecule has 0 saturated carbocycles. The molecule has 0 N–H and O–H groups in total. The minimum Gasteiger partial charge on any atom is -0.334 e. The standard InChI is InChI=1S/C16H17ClN2O/c1-2-10-19(12-13-6-4-3-5-7-13)16(20)14-8-9-18-11-15(14)17/h3-9,11H,2,10,12H2,1H3. The summed E-state index contributed by atoms with van der Waals surface area (Å²) in [6.07, 6.45) is 3.99. The molecule has 0 aliphatic carbocycles. The van der Waals surface area contributed by atoms with E-state index in [1.54, 1.807) is 12.3 Å². The lowest BCUT2D eigenvalue weighted by Gasteiger charge is -2.22. The number of halogens is 1. The number of rotatable bonds is 5. The lowest BCUT2D eigenvalue weighted by atomic mass is 10.1. The van der Waals surface area contributed by atoms with Crippen LogP contribution >= 0.6 is 11.6 Å². The van der Waals surface area contributed by atoms with E-state index in [0.29, 0.717) is 23.7 Å². The van der Waals surface area contributed by atoms with Crippen LogP contribution in [0.1, 0.15) is 29.3 Å². The van der Waals surface area contributed by atoms with E-state index in [2.05, 4.69) is 11.9 Å². The fourth-order valence-corrected chi connectivity index (χ4v) is 2.25. The van der Waals surface area contributed by atoms with E-state index in [-0.39, 0.29) is 5.91 Å². The van der Waals surface area contributed by atoms with Gasteiger partial charge in [-0.05, 0) is 18.1 Å². The quantitative estimate of drug-likeness (QED) is 0.839. The molecule has 104 valence electrons. The maximum atomic E-state index is 12.6. The largest absolute Gasteiger partial charge is 0.334 e. The van der Waals surface area contributed by atoms with Gasteiger partial charge in [0, 0.05) is 25.5 Å². The van der Waals surface area contributed by atoms with Gasteiger partial charge in [0.05, 0.1) is 10.6 Å². The fourth-order valence-electron chi connectivity index (χ4n) is 2.05. The van der Waals surface area contributed by atoms with E-state index in [1.165, 1.54) is 6.20 Å². The second-order valence-electron chi connectivity index (χ2n) is 4.57. The lowest BCUT2D eigenvalue weighted by Crippen LogP contribution is -2.31. The Balaban J connectivity index is 2.20. The van der Waals surface area contributed by atoms with Crippen LogP contribution in [0.3, 0.4) is 0 Å². The van der Waals surface area contributed by atoms with Gasteiger partial charge in [0.2, 0.25) is 0 Å². The number of carbonyl (C=O) groups excluding carboxylic acids is 1. The first-order valence-corrected chi connectivity index (χ1v) is 7.03. The Morgan fingerprint density at radius 1 is 1.25 bits per heavy atom. The molecule has 2 aromatic rings. The Bertz CT molecular complexity index is 572. The van der Waals surface area contributed by atoms with Gasteiger partial charge in [-0.25, -0.2) is 0 Å². The first-order chi connectivity index (χ1) is 9.72. The maximum absolute atomic E-state index is 12.6. The summed E-state index contributed by atoms with van der Waals surface area (Å²) in [5, 5.41) is 0.395. The van der Waals surface area contributed by atoms with Gasteiger partial charge in [-0.3, -0.25) is 9.78 Å². The Hall–Kier alpha value is -1.87. The van der Waals surface area contributed by atoms with Gasteiger partial charge >= 0.3 is 0 Å². The van der Waals surface area contributed by atoms with Crippen molar-refractivity contribution in [2.45, 2.75) is 19.9 Å². The van der Waals surface area contributed by atoms with Crippen LogP contribution in [-0.4, -0.2) is 22.3 Å². The van der Waals surface area contributed by atoms with Crippen LogP contribution in [0.15, 0.2) is 48.8 Å². The summed E-state index contributed by atoms with van der Waals surface area (Å²) in [6, 6.07) is 11.6. The number of benzene rings is 1. The van der Waals surface area contributed by atoms with Gasteiger partial charge in [0.1, 0.15) is 0 Å². The molecule has 0 spiro atoms. The number of hydrogen-bond acceptors (Lipinski definition) is 2. The zero-order valence-corrected chi connectivity index (χ0v) is 12.2. The molecule has 0 aliphatic rings. The van der Waals surface area contributed by atoms with Crippen molar-refractivity contribution in [3.8, 4) is 0 Å². The molecule has 0 bridgehead atoms. The second-order valence-corrected chi connectivity index (χ2v) is 4.98. The minimum atomic E-state index is -0.0527. The maximum Gasteiger partial charge on any atom is 0.255 e. The van der Waals surface area contributed by atoms with E-state index in [4.69, 9.17) is 11.6 Å². The second kappa shape index (κ2) is 7.06. The first kappa shape index (κ1) is 14.5. The number of nitrogens with zero attached hydrogens (tertiary/aromatic N) is 2. The molecular formula is C16H17ClN2O. The highest BCUT2D eigenvalue weighted by Crippen LogP contribution is 2.17. The van der Waals surface area contributed by atoms with Crippen molar-refractivity contribution in [1.82, 2.24) is 9.88 Å². The van der Waals surface area contributed by atoms with Crippen LogP contribution in [0.4, 0.5) is 0 Å². The van der Waals surface area contributed by atoms with Gasteiger partial charge in [0.15, 0.2) is 0 Å². The van der Waals surface area contributed by atoms with E-state index in [9.17, 15) is 4.79 Å². The average molecular weight is 289 g/mol. The summed E-state index contributed by atoms with van der Waals surface area (Å²) in [4.78, 5) is 18.3. The third-order valence-electron chi connectivity index (χ3n) is 3.00. The Morgan fingerprint density at radius 2 is 2.00 bits per heavy atom. The van der Waals surface area contributed by atoms with Crippen LogP contribution in [0.25, 0.3) is 0 Å². The number of pyridine rings is 1. The highest BCUT2D eigenvalue weighted by molar-refractivity contribution is 6.33. The van der Waals surface area contributed by atoms with Gasteiger partial charge in [0.25, 0.3) is 5.91 Å². The third kappa shape index (κ3) is 3.58. The predicted molar refractivity (Wildman–Crippen MR) is 80.7 cm³/mol. The molecule has 0 saturated heterocycles. The molecule has 0 unspecified atom stereocenters. The van der Waals surface area contributed by atoms with Crippen LogP contribution in [0.2, 0.25) is 5.02 Å². The smallest absolute Gasteiger partial charge is 0.255 e. The summed E-state index contributed by atoms with van der Waals surface area (Å²) in [7, 11) is 0. The molecule has 1 aromatic heterocycles. The summed E-state index contributed by atoms with van der Waals surface area (Å²) in [5.74, 6) is -0.0527. The fraction of sp³-hybridized carbons (Fsp3) is 0.250.